The van der Waals surface area contributed by atoms with Crippen LogP contribution < -0.4 is 26.1 Å². The van der Waals surface area contributed by atoms with Crippen molar-refractivity contribution >= 4 is 28.4 Å². The quantitative estimate of drug-likeness (QED) is 0.263. The van der Waals surface area contributed by atoms with Crippen LogP contribution in [0.15, 0.2) is 41.8 Å². The molecule has 4 heterocycles. The summed E-state index contributed by atoms with van der Waals surface area (Å²) in [4.78, 5) is 32.2. The van der Waals surface area contributed by atoms with E-state index in [4.69, 9.17) is 10.5 Å². The van der Waals surface area contributed by atoms with Crippen molar-refractivity contribution in [3.63, 3.8) is 0 Å². The number of nitrogens with zero attached hydrogens (tertiary/aromatic N) is 3. The third-order valence-electron chi connectivity index (χ3n) is 5.62. The number of nitrogens with two attached hydrogens (primary N) is 1. The van der Waals surface area contributed by atoms with Gasteiger partial charge in [0.15, 0.2) is 0 Å². The Morgan fingerprint density at radius 1 is 1.42 bits per heavy atom. The average Bonchev–Trinajstić information content (AvgIpc) is 2.77. The van der Waals surface area contributed by atoms with Gasteiger partial charge in [-0.2, -0.15) is 0 Å². The number of allylic oxidation sites excluding steroid dienone is 1. The van der Waals surface area contributed by atoms with E-state index in [1.54, 1.807) is 29.0 Å². The van der Waals surface area contributed by atoms with E-state index in [9.17, 15) is 9.59 Å². The molecule has 3 aromatic rings. The lowest BCUT2D eigenvalue weighted by Crippen LogP contribution is -3.14. The van der Waals surface area contributed by atoms with Crippen molar-refractivity contribution in [3.8, 4) is 0 Å². The van der Waals surface area contributed by atoms with Gasteiger partial charge in [0, 0.05) is 6.20 Å². The van der Waals surface area contributed by atoms with Crippen LogP contribution in [0, 0.1) is 6.92 Å². The Hall–Kier alpha value is -3.30. The molecule has 1 fully saturated rings. The third kappa shape index (κ3) is 4.14. The molecule has 162 valence electrons. The van der Waals surface area contributed by atoms with E-state index >= 15 is 0 Å². The Morgan fingerprint density at radius 3 is 2.94 bits per heavy atom. The second-order valence-corrected chi connectivity index (χ2v) is 7.80. The van der Waals surface area contributed by atoms with Crippen molar-refractivity contribution in [2.24, 2.45) is 0 Å². The van der Waals surface area contributed by atoms with Crippen molar-refractivity contribution in [1.29, 1.82) is 0 Å². The van der Waals surface area contributed by atoms with Crippen molar-refractivity contribution in [2.45, 2.75) is 13.5 Å². The Balaban J connectivity index is 1.72. The number of aromatic nitrogens is 3. The molecule has 9 heteroatoms. The summed E-state index contributed by atoms with van der Waals surface area (Å²) in [5.74, 6) is -0.0504. The van der Waals surface area contributed by atoms with Crippen LogP contribution in [0.5, 0.6) is 0 Å². The first kappa shape index (κ1) is 21.0. The average molecular weight is 425 g/mol. The van der Waals surface area contributed by atoms with Gasteiger partial charge in [-0.15, -0.1) is 0 Å². The zero-order valence-corrected chi connectivity index (χ0v) is 17.7. The lowest BCUT2D eigenvalue weighted by Gasteiger charge is -2.23. The van der Waals surface area contributed by atoms with Gasteiger partial charge in [0.1, 0.15) is 24.0 Å². The predicted molar refractivity (Wildman–Crippen MR) is 117 cm³/mol. The minimum atomic E-state index is -0.307. The van der Waals surface area contributed by atoms with Crippen molar-refractivity contribution in [1.82, 2.24) is 14.7 Å². The maximum absolute atomic E-state index is 13.2. The number of ether oxygens (including phenoxy) is 1. The molecule has 31 heavy (non-hydrogen) atoms. The zero-order valence-electron chi connectivity index (χ0n) is 17.7. The summed E-state index contributed by atoms with van der Waals surface area (Å²) in [5.41, 5.74) is 8.26. The number of carbonyl (C=O) groups excluding carboxylic acids is 1. The fourth-order valence-corrected chi connectivity index (χ4v) is 3.91. The highest BCUT2D eigenvalue weighted by Crippen LogP contribution is 2.15. The van der Waals surface area contributed by atoms with Crippen LogP contribution in [0.1, 0.15) is 15.9 Å². The standard InChI is InChI=1S/C22H26N6O3/c1-3-7-27-19(23)16(21(29)24-6-8-26-9-11-31-12-10-26)13-17-20(27)25-18-5-4-15(2)14-28(18)22(17)30/h3-5,13-14,23H,1,6-12H2,2H3,(H,24,29)/p+2. The van der Waals surface area contributed by atoms with E-state index in [2.05, 4.69) is 16.9 Å². The van der Waals surface area contributed by atoms with Crippen LogP contribution in [0.2, 0.25) is 0 Å². The molecule has 9 nitrogen and oxygen atoms in total. The number of anilines is 1. The highest BCUT2D eigenvalue weighted by Gasteiger charge is 2.24. The number of aryl methyl sites for hydroxylation is 1. The van der Waals surface area contributed by atoms with E-state index in [0.717, 1.165) is 38.4 Å². The fourth-order valence-electron chi connectivity index (χ4n) is 3.91. The molecule has 0 aliphatic carbocycles. The highest BCUT2D eigenvalue weighted by molar-refractivity contribution is 6.00. The Labute approximate surface area is 179 Å². The number of quaternary nitrogens is 1. The van der Waals surface area contributed by atoms with Gasteiger partial charge in [-0.05, 0) is 24.6 Å². The molecule has 0 aromatic carbocycles. The number of nitrogen functional groups attached to an aromatic ring is 1. The lowest BCUT2D eigenvalue weighted by molar-refractivity contribution is -0.906. The van der Waals surface area contributed by atoms with E-state index in [0.29, 0.717) is 29.8 Å². The summed E-state index contributed by atoms with van der Waals surface area (Å²) >= 11 is 0. The number of pyridine rings is 2. The summed E-state index contributed by atoms with van der Waals surface area (Å²) in [6.45, 7) is 10.7. The second-order valence-electron chi connectivity index (χ2n) is 7.80. The molecule has 0 radical (unpaired) electrons. The van der Waals surface area contributed by atoms with Crippen molar-refractivity contribution < 1.29 is 19.0 Å². The molecule has 4 N–H and O–H groups in total. The van der Waals surface area contributed by atoms with E-state index < -0.39 is 0 Å². The minimum Gasteiger partial charge on any atom is -0.370 e. The molecule has 0 unspecified atom stereocenters. The number of amides is 1. The van der Waals surface area contributed by atoms with E-state index in [-0.39, 0.29) is 22.8 Å². The molecule has 1 saturated heterocycles. The monoisotopic (exact) mass is 424 g/mol. The molecule has 0 spiro atoms. The molecule has 1 aliphatic heterocycles. The molecule has 1 aliphatic rings. The number of hydrogen-bond acceptors (Lipinski definition) is 5. The molecular weight excluding hydrogens is 396 g/mol. The van der Waals surface area contributed by atoms with Crippen LogP contribution in [0.4, 0.5) is 5.82 Å². The minimum absolute atomic E-state index is 0.242. The first-order valence-corrected chi connectivity index (χ1v) is 10.4. The topological polar surface area (TPSA) is 107 Å². The smallest absolute Gasteiger partial charge is 0.278 e. The van der Waals surface area contributed by atoms with Gasteiger partial charge in [0.2, 0.25) is 11.5 Å². The highest BCUT2D eigenvalue weighted by atomic mass is 16.5. The largest absolute Gasteiger partial charge is 0.370 e. The van der Waals surface area contributed by atoms with Gasteiger partial charge in [-0.1, -0.05) is 23.7 Å². The number of fused-ring (bicyclic) bond motifs is 2. The Bertz CT molecular complexity index is 1210. The molecule has 0 bridgehead atoms. The van der Waals surface area contributed by atoms with Crippen LogP contribution in [-0.2, 0) is 11.3 Å². The number of hydrogen-bond donors (Lipinski definition) is 3. The van der Waals surface area contributed by atoms with Gasteiger partial charge in [-0.25, -0.2) is 4.57 Å². The van der Waals surface area contributed by atoms with Crippen molar-refractivity contribution in [3.05, 3.63) is 58.5 Å². The number of carbonyl (C=O) groups is 1. The second kappa shape index (κ2) is 8.83. The SMILES string of the molecule is C=CC[n+]1c(N)c(C(=O)NCC[NH+]2CCOCC2)cc2c(=O)n3cc(C)ccc3nc21. The molecule has 0 atom stereocenters. The summed E-state index contributed by atoms with van der Waals surface area (Å²) in [7, 11) is 0. The Kier molecular flexibility index (Phi) is 5.97. The summed E-state index contributed by atoms with van der Waals surface area (Å²) in [5, 5.41) is 3.27. The molecule has 4 rings (SSSR count). The normalized spacial score (nSPS) is 14.7. The lowest BCUT2D eigenvalue weighted by atomic mass is 10.1. The van der Waals surface area contributed by atoms with Crippen LogP contribution in [0.3, 0.4) is 0 Å². The first-order valence-electron chi connectivity index (χ1n) is 10.4. The maximum Gasteiger partial charge on any atom is 0.278 e. The molecular formula is C22H28N6O3+2. The molecule has 1 amide bonds. The first-order chi connectivity index (χ1) is 15.0. The zero-order chi connectivity index (χ0) is 22.0. The molecule has 0 saturated carbocycles. The number of nitrogens with one attached hydrogen (secondary N) is 2. The van der Waals surface area contributed by atoms with Crippen LogP contribution in [0.25, 0.3) is 16.7 Å². The van der Waals surface area contributed by atoms with Gasteiger partial charge < -0.3 is 20.7 Å². The van der Waals surface area contributed by atoms with Crippen LogP contribution in [-0.4, -0.2) is 54.7 Å². The van der Waals surface area contributed by atoms with E-state index in [1.807, 2.05) is 13.0 Å². The maximum atomic E-state index is 13.2. The summed E-state index contributed by atoms with van der Waals surface area (Å²) < 4.78 is 8.52. The van der Waals surface area contributed by atoms with Gasteiger partial charge in [0.25, 0.3) is 17.1 Å². The number of morpholine rings is 1. The third-order valence-corrected chi connectivity index (χ3v) is 5.62. The van der Waals surface area contributed by atoms with Crippen molar-refractivity contribution in [2.75, 3.05) is 45.1 Å². The van der Waals surface area contributed by atoms with E-state index in [1.165, 1.54) is 9.30 Å². The van der Waals surface area contributed by atoms with Gasteiger partial charge in [-0.3, -0.25) is 14.0 Å². The summed E-state index contributed by atoms with van der Waals surface area (Å²) in [6, 6.07) is 5.23. The van der Waals surface area contributed by atoms with Crippen LogP contribution >= 0.6 is 0 Å². The van der Waals surface area contributed by atoms with Gasteiger partial charge in [0.05, 0.1) is 32.8 Å². The molecule has 3 aromatic heterocycles. The fraction of sp³-hybridized carbons (Fsp3) is 0.364. The predicted octanol–water partition coefficient (Wildman–Crippen LogP) is -1.14. The number of rotatable bonds is 6. The summed E-state index contributed by atoms with van der Waals surface area (Å²) in [6.07, 6.45) is 3.40. The van der Waals surface area contributed by atoms with Gasteiger partial charge >= 0.3 is 0 Å². The Morgan fingerprint density at radius 2 is 2.19 bits per heavy atom.